The van der Waals surface area contributed by atoms with E-state index in [2.05, 4.69) is 11.8 Å². The number of benzene rings is 2. The van der Waals surface area contributed by atoms with Gasteiger partial charge in [-0.05, 0) is 57.9 Å². The van der Waals surface area contributed by atoms with Gasteiger partial charge in [0, 0.05) is 26.2 Å². The van der Waals surface area contributed by atoms with Crippen LogP contribution in [0.4, 0.5) is 0 Å². The third-order valence-electron chi connectivity index (χ3n) is 5.76. The van der Waals surface area contributed by atoms with E-state index in [1.807, 2.05) is 73.1 Å². The van der Waals surface area contributed by atoms with Crippen LogP contribution in [0.5, 0.6) is 11.6 Å². The molecule has 0 radical (unpaired) electrons. The summed E-state index contributed by atoms with van der Waals surface area (Å²) in [5.41, 5.74) is 4.07. The second-order valence-electron chi connectivity index (χ2n) is 8.71. The van der Waals surface area contributed by atoms with E-state index in [0.29, 0.717) is 19.0 Å². The Morgan fingerprint density at radius 2 is 1.91 bits per heavy atom. The van der Waals surface area contributed by atoms with E-state index in [1.54, 1.807) is 0 Å². The highest BCUT2D eigenvalue weighted by Crippen LogP contribution is 2.32. The van der Waals surface area contributed by atoms with Crippen molar-refractivity contribution < 1.29 is 14.6 Å². The molecule has 1 aliphatic rings. The summed E-state index contributed by atoms with van der Waals surface area (Å²) in [5.74, 6) is 1.48. The van der Waals surface area contributed by atoms with E-state index < -0.39 is 6.10 Å². The lowest BCUT2D eigenvalue weighted by Gasteiger charge is -2.26. The average Bonchev–Trinajstić information content (AvgIpc) is 3.39. The lowest BCUT2D eigenvalue weighted by Crippen LogP contribution is -2.36. The van der Waals surface area contributed by atoms with Crippen molar-refractivity contribution in [2.75, 3.05) is 19.7 Å². The smallest absolute Gasteiger partial charge is 0.227 e. The molecule has 0 amide bonds. The first-order chi connectivity index (χ1) is 15.5. The fourth-order valence-corrected chi connectivity index (χ4v) is 4.16. The highest BCUT2D eigenvalue weighted by atomic mass is 16.5. The average molecular weight is 436 g/mol. The summed E-state index contributed by atoms with van der Waals surface area (Å²) in [6.45, 7) is 8.71. The van der Waals surface area contributed by atoms with Crippen LogP contribution in [0, 0.1) is 13.8 Å². The van der Waals surface area contributed by atoms with Crippen molar-refractivity contribution in [1.82, 2.24) is 14.7 Å². The number of aryl methyl sites for hydroxylation is 2. The topological polar surface area (TPSA) is 59.8 Å². The van der Waals surface area contributed by atoms with Gasteiger partial charge in [0.25, 0.3) is 0 Å². The maximum atomic E-state index is 10.1. The van der Waals surface area contributed by atoms with Crippen LogP contribution in [-0.4, -0.2) is 51.7 Å². The Balaban J connectivity index is 1.68. The van der Waals surface area contributed by atoms with E-state index in [9.17, 15) is 5.11 Å². The Morgan fingerprint density at radius 3 is 2.56 bits per heavy atom. The third kappa shape index (κ3) is 5.57. The largest absolute Gasteiger partial charge is 0.439 e. The molecule has 2 aromatic carbocycles. The fourth-order valence-electron chi connectivity index (χ4n) is 4.16. The van der Waals surface area contributed by atoms with Gasteiger partial charge in [-0.15, -0.1) is 0 Å². The quantitative estimate of drug-likeness (QED) is 0.530. The zero-order chi connectivity index (χ0) is 22.5. The molecule has 1 aliphatic heterocycles. The molecule has 1 aromatic heterocycles. The van der Waals surface area contributed by atoms with Gasteiger partial charge in [0.1, 0.15) is 5.75 Å². The molecule has 0 spiro atoms. The van der Waals surface area contributed by atoms with Crippen LogP contribution in [0.25, 0.3) is 5.69 Å². The molecule has 0 saturated carbocycles. The number of hydrogen-bond donors (Lipinski definition) is 1. The molecule has 2 unspecified atom stereocenters. The maximum absolute atomic E-state index is 10.1. The van der Waals surface area contributed by atoms with E-state index in [0.717, 1.165) is 48.7 Å². The maximum Gasteiger partial charge on any atom is 0.227 e. The number of hydrogen-bond acceptors (Lipinski definition) is 5. The molecule has 1 saturated heterocycles. The fraction of sp³-hybridized carbons (Fsp3) is 0.423. The minimum absolute atomic E-state index is 0.208. The van der Waals surface area contributed by atoms with Gasteiger partial charge in [0.15, 0.2) is 0 Å². The number of para-hydroxylation sites is 1. The van der Waals surface area contributed by atoms with Crippen molar-refractivity contribution in [3.8, 4) is 17.3 Å². The van der Waals surface area contributed by atoms with Crippen molar-refractivity contribution >= 4 is 0 Å². The summed E-state index contributed by atoms with van der Waals surface area (Å²) in [4.78, 5) is 2.25. The first-order valence-electron chi connectivity index (χ1n) is 11.4. The molecular weight excluding hydrogens is 402 g/mol. The molecule has 4 rings (SSSR count). The normalized spacial score (nSPS) is 17.1. The van der Waals surface area contributed by atoms with Gasteiger partial charge in [0.2, 0.25) is 5.88 Å². The Kier molecular flexibility index (Phi) is 7.25. The first-order valence-corrected chi connectivity index (χ1v) is 11.4. The minimum atomic E-state index is -0.428. The van der Waals surface area contributed by atoms with Gasteiger partial charge in [0.05, 0.1) is 29.2 Å². The lowest BCUT2D eigenvalue weighted by atomic mass is 10.1. The molecule has 1 N–H and O–H groups in total. The molecule has 6 heteroatoms. The van der Waals surface area contributed by atoms with Gasteiger partial charge < -0.3 is 14.6 Å². The summed E-state index contributed by atoms with van der Waals surface area (Å²) in [5, 5.41) is 15.0. The number of rotatable bonds is 9. The zero-order valence-electron chi connectivity index (χ0n) is 19.2. The molecule has 0 aliphatic carbocycles. The second kappa shape index (κ2) is 10.3. The summed E-state index contributed by atoms with van der Waals surface area (Å²) in [6, 6.07) is 18.1. The lowest BCUT2D eigenvalue weighted by molar-refractivity contribution is 0.0500. The second-order valence-corrected chi connectivity index (χ2v) is 8.71. The van der Waals surface area contributed by atoms with Crippen molar-refractivity contribution in [2.45, 2.75) is 52.4 Å². The van der Waals surface area contributed by atoms with Gasteiger partial charge in [-0.25, -0.2) is 4.68 Å². The van der Waals surface area contributed by atoms with E-state index in [1.165, 1.54) is 5.56 Å². The summed E-state index contributed by atoms with van der Waals surface area (Å²) >= 11 is 0. The highest BCUT2D eigenvalue weighted by Gasteiger charge is 2.25. The molecule has 170 valence electrons. The number of ether oxygens (including phenoxy) is 2. The van der Waals surface area contributed by atoms with Gasteiger partial charge in [-0.2, -0.15) is 5.10 Å². The van der Waals surface area contributed by atoms with Crippen LogP contribution in [0.2, 0.25) is 0 Å². The van der Waals surface area contributed by atoms with Crippen molar-refractivity contribution in [3.05, 3.63) is 71.4 Å². The standard InChI is InChI=1S/C26H33N3O3/c1-19-11-13-23(14-12-19)32-26-25(21(3)27-29(26)22-8-5-4-6-9-22)18-28(16-20(2)30)17-24-10-7-15-31-24/h4-6,8-9,11-14,20,24,30H,7,10,15-18H2,1-3H3. The van der Waals surface area contributed by atoms with Gasteiger partial charge in [-0.1, -0.05) is 35.9 Å². The first kappa shape index (κ1) is 22.5. The predicted molar refractivity (Wildman–Crippen MR) is 125 cm³/mol. The zero-order valence-corrected chi connectivity index (χ0v) is 19.2. The Bertz CT molecular complexity index is 993. The monoisotopic (exact) mass is 435 g/mol. The summed E-state index contributed by atoms with van der Waals surface area (Å²) < 4.78 is 14.2. The van der Waals surface area contributed by atoms with Crippen molar-refractivity contribution in [2.24, 2.45) is 0 Å². The number of nitrogens with zero attached hydrogens (tertiary/aromatic N) is 3. The molecule has 32 heavy (non-hydrogen) atoms. The molecule has 2 heterocycles. The van der Waals surface area contributed by atoms with Crippen LogP contribution < -0.4 is 4.74 Å². The molecule has 3 aromatic rings. The Hall–Kier alpha value is -2.67. The van der Waals surface area contributed by atoms with Crippen molar-refractivity contribution in [1.29, 1.82) is 0 Å². The molecule has 0 bridgehead atoms. The number of aromatic nitrogens is 2. The molecule has 2 atom stereocenters. The molecular formula is C26H33N3O3. The van der Waals surface area contributed by atoms with E-state index in [4.69, 9.17) is 14.6 Å². The predicted octanol–water partition coefficient (Wildman–Crippen LogP) is 4.64. The van der Waals surface area contributed by atoms with Gasteiger partial charge >= 0.3 is 0 Å². The van der Waals surface area contributed by atoms with E-state index in [-0.39, 0.29) is 6.10 Å². The van der Waals surface area contributed by atoms with Gasteiger partial charge in [-0.3, -0.25) is 4.90 Å². The van der Waals surface area contributed by atoms with E-state index >= 15 is 0 Å². The summed E-state index contributed by atoms with van der Waals surface area (Å²) in [6.07, 6.45) is 1.94. The Labute approximate surface area is 190 Å². The third-order valence-corrected chi connectivity index (χ3v) is 5.76. The summed E-state index contributed by atoms with van der Waals surface area (Å²) in [7, 11) is 0. The SMILES string of the molecule is Cc1ccc(Oc2c(CN(CC(C)O)CC3CCCO3)c(C)nn2-c2ccccc2)cc1. The number of aliphatic hydroxyl groups is 1. The number of aliphatic hydroxyl groups excluding tert-OH is 1. The van der Waals surface area contributed by atoms with Crippen LogP contribution in [0.3, 0.4) is 0 Å². The van der Waals surface area contributed by atoms with Crippen LogP contribution in [-0.2, 0) is 11.3 Å². The van der Waals surface area contributed by atoms with Crippen LogP contribution in [0.15, 0.2) is 54.6 Å². The van der Waals surface area contributed by atoms with Crippen LogP contribution >= 0.6 is 0 Å². The minimum Gasteiger partial charge on any atom is -0.439 e. The Morgan fingerprint density at radius 1 is 1.16 bits per heavy atom. The molecule has 6 nitrogen and oxygen atoms in total. The van der Waals surface area contributed by atoms with Crippen LogP contribution in [0.1, 0.15) is 36.6 Å². The highest BCUT2D eigenvalue weighted by molar-refractivity contribution is 5.43. The molecule has 1 fully saturated rings. The van der Waals surface area contributed by atoms with Crippen molar-refractivity contribution in [3.63, 3.8) is 0 Å².